The molecule has 20 heavy (non-hydrogen) atoms. The summed E-state index contributed by atoms with van der Waals surface area (Å²) in [4.78, 5) is 4.10. The maximum Gasteiger partial charge on any atom is 0.244 e. The third-order valence-electron chi connectivity index (χ3n) is 3.84. The van der Waals surface area contributed by atoms with Gasteiger partial charge >= 0.3 is 0 Å². The SMILES string of the molecule is CCCC1CCCN(S(=O)(=O)c2ccc(Cl)nc2)CC1. The molecule has 0 saturated carbocycles. The number of aromatic nitrogens is 1. The third kappa shape index (κ3) is 3.71. The van der Waals surface area contributed by atoms with Gasteiger partial charge in [-0.25, -0.2) is 13.4 Å². The number of nitrogens with zero attached hydrogens (tertiary/aromatic N) is 2. The van der Waals surface area contributed by atoms with Gasteiger partial charge in [0.05, 0.1) is 0 Å². The summed E-state index contributed by atoms with van der Waals surface area (Å²) in [6, 6.07) is 3.05. The first-order chi connectivity index (χ1) is 9.54. The van der Waals surface area contributed by atoms with Crippen LogP contribution in [0, 0.1) is 5.92 Å². The molecule has 0 radical (unpaired) electrons. The first-order valence-corrected chi connectivity index (χ1v) is 8.97. The number of hydrogen-bond donors (Lipinski definition) is 0. The lowest BCUT2D eigenvalue weighted by Gasteiger charge is -2.20. The minimum atomic E-state index is -3.43. The molecule has 1 aromatic rings. The predicted octanol–water partition coefficient (Wildman–Crippen LogP) is 3.33. The minimum Gasteiger partial charge on any atom is -0.243 e. The van der Waals surface area contributed by atoms with Crippen LogP contribution in [0.2, 0.25) is 5.15 Å². The van der Waals surface area contributed by atoms with Crippen molar-refractivity contribution in [1.82, 2.24) is 9.29 Å². The predicted molar refractivity (Wildman–Crippen MR) is 80.3 cm³/mol. The van der Waals surface area contributed by atoms with Crippen molar-refractivity contribution < 1.29 is 8.42 Å². The van der Waals surface area contributed by atoms with Gasteiger partial charge in [0.1, 0.15) is 10.0 Å². The largest absolute Gasteiger partial charge is 0.244 e. The summed E-state index contributed by atoms with van der Waals surface area (Å²) >= 11 is 5.71. The Morgan fingerprint density at radius 3 is 2.80 bits per heavy atom. The van der Waals surface area contributed by atoms with E-state index in [0.717, 1.165) is 19.3 Å². The van der Waals surface area contributed by atoms with E-state index in [1.165, 1.54) is 31.2 Å². The van der Waals surface area contributed by atoms with Gasteiger partial charge in [-0.3, -0.25) is 0 Å². The molecule has 2 heterocycles. The molecule has 6 heteroatoms. The average Bonchev–Trinajstić information content (AvgIpc) is 2.66. The lowest BCUT2D eigenvalue weighted by Crippen LogP contribution is -2.32. The summed E-state index contributed by atoms with van der Waals surface area (Å²) in [5, 5.41) is 0.308. The topological polar surface area (TPSA) is 50.3 Å². The van der Waals surface area contributed by atoms with Gasteiger partial charge in [0, 0.05) is 19.3 Å². The highest BCUT2D eigenvalue weighted by atomic mass is 35.5. The summed E-state index contributed by atoms with van der Waals surface area (Å²) in [5.74, 6) is 0.656. The number of hydrogen-bond acceptors (Lipinski definition) is 3. The molecule has 1 saturated heterocycles. The van der Waals surface area contributed by atoms with E-state index in [4.69, 9.17) is 11.6 Å². The molecule has 0 aliphatic carbocycles. The van der Waals surface area contributed by atoms with Crippen LogP contribution < -0.4 is 0 Å². The standard InChI is InChI=1S/C14H21ClN2O2S/c1-2-4-12-5-3-9-17(10-8-12)20(18,19)13-6-7-14(15)16-11-13/h6-7,11-12H,2-5,8-10H2,1H3. The van der Waals surface area contributed by atoms with Gasteiger partial charge < -0.3 is 0 Å². The summed E-state index contributed by atoms with van der Waals surface area (Å²) in [5.41, 5.74) is 0. The van der Waals surface area contributed by atoms with E-state index < -0.39 is 10.0 Å². The molecule has 0 amide bonds. The Morgan fingerprint density at radius 2 is 2.15 bits per heavy atom. The fraction of sp³-hybridized carbons (Fsp3) is 0.643. The zero-order valence-electron chi connectivity index (χ0n) is 11.8. The van der Waals surface area contributed by atoms with Crippen molar-refractivity contribution in [1.29, 1.82) is 0 Å². The summed E-state index contributed by atoms with van der Waals surface area (Å²) in [7, 11) is -3.43. The highest BCUT2D eigenvalue weighted by Crippen LogP contribution is 2.25. The first-order valence-electron chi connectivity index (χ1n) is 7.15. The van der Waals surface area contributed by atoms with Crippen LogP contribution in [-0.4, -0.2) is 30.8 Å². The van der Waals surface area contributed by atoms with Crippen LogP contribution in [0.25, 0.3) is 0 Å². The van der Waals surface area contributed by atoms with E-state index in [0.29, 0.717) is 24.2 Å². The van der Waals surface area contributed by atoms with Crippen LogP contribution >= 0.6 is 11.6 Å². The molecule has 2 rings (SSSR count). The first kappa shape index (κ1) is 15.7. The van der Waals surface area contributed by atoms with Crippen LogP contribution in [0.3, 0.4) is 0 Å². The molecule has 0 spiro atoms. The lowest BCUT2D eigenvalue weighted by atomic mass is 9.96. The van der Waals surface area contributed by atoms with E-state index in [1.807, 2.05) is 0 Å². The van der Waals surface area contributed by atoms with E-state index in [-0.39, 0.29) is 4.90 Å². The molecule has 1 aromatic heterocycles. The molecule has 1 aliphatic rings. The van der Waals surface area contributed by atoms with Crippen LogP contribution in [0.5, 0.6) is 0 Å². The Kier molecular flexibility index (Phi) is 5.41. The Balaban J connectivity index is 2.11. The van der Waals surface area contributed by atoms with Crippen molar-refractivity contribution >= 4 is 21.6 Å². The smallest absolute Gasteiger partial charge is 0.243 e. The fourth-order valence-electron chi connectivity index (χ4n) is 2.74. The summed E-state index contributed by atoms with van der Waals surface area (Å²) in [6.07, 6.45) is 6.71. The normalized spacial score (nSPS) is 21.6. The van der Waals surface area contributed by atoms with Crippen molar-refractivity contribution in [3.63, 3.8) is 0 Å². The van der Waals surface area contributed by atoms with Crippen LogP contribution in [0.15, 0.2) is 23.2 Å². The summed E-state index contributed by atoms with van der Waals surface area (Å²) < 4.78 is 26.7. The van der Waals surface area contributed by atoms with Crippen molar-refractivity contribution in [3.05, 3.63) is 23.5 Å². The molecule has 1 atom stereocenters. The fourth-order valence-corrected chi connectivity index (χ4v) is 4.29. The maximum atomic E-state index is 12.6. The van der Waals surface area contributed by atoms with Crippen molar-refractivity contribution in [2.45, 2.75) is 43.9 Å². The van der Waals surface area contributed by atoms with Gasteiger partial charge in [-0.2, -0.15) is 4.31 Å². The molecule has 4 nitrogen and oxygen atoms in total. The van der Waals surface area contributed by atoms with Crippen molar-refractivity contribution in [2.24, 2.45) is 5.92 Å². The average molecular weight is 317 g/mol. The molecule has 1 fully saturated rings. The zero-order chi connectivity index (χ0) is 14.6. The second-order valence-corrected chi connectivity index (χ2v) is 7.63. The Bertz CT molecular complexity index is 531. The zero-order valence-corrected chi connectivity index (χ0v) is 13.3. The molecule has 0 aromatic carbocycles. The van der Waals surface area contributed by atoms with E-state index >= 15 is 0 Å². The molecule has 1 unspecified atom stereocenters. The van der Waals surface area contributed by atoms with Gasteiger partial charge in [-0.1, -0.05) is 31.4 Å². The van der Waals surface area contributed by atoms with Gasteiger partial charge in [0.2, 0.25) is 10.0 Å². The number of halogens is 1. The molecular formula is C14H21ClN2O2S. The van der Waals surface area contributed by atoms with E-state index in [2.05, 4.69) is 11.9 Å². The van der Waals surface area contributed by atoms with Gasteiger partial charge in [-0.15, -0.1) is 0 Å². The maximum absolute atomic E-state index is 12.6. The minimum absolute atomic E-state index is 0.232. The number of pyridine rings is 1. The third-order valence-corrected chi connectivity index (χ3v) is 5.95. The Hall–Kier alpha value is -0.650. The molecule has 1 aliphatic heterocycles. The number of sulfonamides is 1. The van der Waals surface area contributed by atoms with Gasteiger partial charge in [0.25, 0.3) is 0 Å². The molecular weight excluding hydrogens is 296 g/mol. The van der Waals surface area contributed by atoms with Crippen LogP contribution in [0.1, 0.15) is 39.0 Å². The van der Waals surface area contributed by atoms with Crippen molar-refractivity contribution in [2.75, 3.05) is 13.1 Å². The molecule has 112 valence electrons. The number of rotatable bonds is 4. The van der Waals surface area contributed by atoms with Gasteiger partial charge in [-0.05, 0) is 37.3 Å². The van der Waals surface area contributed by atoms with E-state index in [1.54, 1.807) is 4.31 Å². The summed E-state index contributed by atoms with van der Waals surface area (Å²) in [6.45, 7) is 3.39. The Morgan fingerprint density at radius 1 is 1.35 bits per heavy atom. The monoisotopic (exact) mass is 316 g/mol. The second-order valence-electron chi connectivity index (χ2n) is 5.31. The lowest BCUT2D eigenvalue weighted by molar-refractivity contribution is 0.400. The second kappa shape index (κ2) is 6.87. The Labute approximate surface area is 126 Å². The van der Waals surface area contributed by atoms with Crippen molar-refractivity contribution in [3.8, 4) is 0 Å². The molecule has 0 bridgehead atoms. The van der Waals surface area contributed by atoms with Crippen LogP contribution in [-0.2, 0) is 10.0 Å². The van der Waals surface area contributed by atoms with E-state index in [9.17, 15) is 8.42 Å². The van der Waals surface area contributed by atoms with Gasteiger partial charge in [0.15, 0.2) is 0 Å². The highest BCUT2D eigenvalue weighted by molar-refractivity contribution is 7.89. The molecule has 0 N–H and O–H groups in total. The van der Waals surface area contributed by atoms with Crippen LogP contribution in [0.4, 0.5) is 0 Å². The highest BCUT2D eigenvalue weighted by Gasteiger charge is 2.27. The quantitative estimate of drug-likeness (QED) is 0.801.